The van der Waals surface area contributed by atoms with Crippen molar-refractivity contribution in [2.45, 2.75) is 0 Å². The van der Waals surface area contributed by atoms with Crippen LogP contribution in [0.2, 0.25) is 0 Å². The molecule has 0 aliphatic carbocycles. The molecule has 33 heavy (non-hydrogen) atoms. The monoisotopic (exact) mass is 510 g/mol. The van der Waals surface area contributed by atoms with E-state index in [2.05, 4.69) is 9.98 Å². The molecule has 4 aromatic rings. The van der Waals surface area contributed by atoms with Crippen molar-refractivity contribution in [1.29, 1.82) is 0 Å². The third-order valence-electron chi connectivity index (χ3n) is 4.62. The van der Waals surface area contributed by atoms with E-state index in [-0.39, 0.29) is 11.5 Å². The zero-order valence-corrected chi connectivity index (χ0v) is 20.5. The van der Waals surface area contributed by atoms with Crippen LogP contribution in [0.3, 0.4) is 0 Å². The first-order valence-electron chi connectivity index (χ1n) is 9.92. The van der Waals surface area contributed by atoms with Crippen molar-refractivity contribution in [3.8, 4) is 22.6 Å². The van der Waals surface area contributed by atoms with Crippen LogP contribution in [0.25, 0.3) is 11.1 Å². The number of hydrogen-bond donors (Lipinski definition) is 2. The van der Waals surface area contributed by atoms with E-state index in [9.17, 15) is 10.2 Å². The van der Waals surface area contributed by atoms with Crippen LogP contribution in [0.15, 0.2) is 107 Å². The summed E-state index contributed by atoms with van der Waals surface area (Å²) in [5.74, 6) is 0.347. The van der Waals surface area contributed by atoms with Crippen LogP contribution in [-0.2, 0) is 17.0 Å². The van der Waals surface area contributed by atoms with Crippen LogP contribution >= 0.6 is 18.6 Å². The Kier molecular flexibility index (Phi) is 9.73. The third-order valence-corrected chi connectivity index (χ3v) is 4.62. The van der Waals surface area contributed by atoms with Gasteiger partial charge in [0, 0.05) is 29.1 Å². The molecule has 0 fully saturated rings. The Morgan fingerprint density at radius 2 is 1.21 bits per heavy atom. The molecular formula is C26H20Cl2N2O2Ti. The number of phenolic OH excluding ortho intramolecular Hbond substituents is 2. The number of benzene rings is 4. The van der Waals surface area contributed by atoms with E-state index in [4.69, 9.17) is 18.6 Å². The molecule has 0 radical (unpaired) electrons. The minimum absolute atomic E-state index is 0.166. The van der Waals surface area contributed by atoms with Crippen molar-refractivity contribution in [3.05, 3.63) is 108 Å². The second-order valence-corrected chi connectivity index (χ2v) is 9.36. The molecule has 0 unspecified atom stereocenters. The third kappa shape index (κ3) is 7.31. The van der Waals surface area contributed by atoms with Gasteiger partial charge in [0.15, 0.2) is 0 Å². The van der Waals surface area contributed by atoms with E-state index >= 15 is 0 Å². The summed E-state index contributed by atoms with van der Waals surface area (Å²) in [6.45, 7) is 0. The molecule has 2 N–H and O–H groups in total. The van der Waals surface area contributed by atoms with Gasteiger partial charge >= 0.3 is 35.6 Å². The molecule has 164 valence electrons. The SMILES string of the molecule is Oc1ccccc1C=Nc1cccc(-c2cccc(C=Nc3ccccc3)c2O)c1.[Cl][Ti][Cl]. The van der Waals surface area contributed by atoms with Crippen molar-refractivity contribution < 1.29 is 27.2 Å². The summed E-state index contributed by atoms with van der Waals surface area (Å²) < 4.78 is 0. The van der Waals surface area contributed by atoms with Gasteiger partial charge in [-0.1, -0.05) is 54.6 Å². The number of aliphatic imine (C=N–C) groups is 2. The van der Waals surface area contributed by atoms with E-state index < -0.39 is 17.0 Å². The molecular weight excluding hydrogens is 491 g/mol. The standard InChI is InChI=1S/C26H20N2O2.2ClH.Ti/c29-25-15-5-4-8-20(25)17-28-23-13-6-9-19(16-23)24-14-7-10-21(26(24)30)18-27-22-11-2-1-3-12-22;;;/h1-18,29-30H;2*1H;/q;;;+2/p-2. The summed E-state index contributed by atoms with van der Waals surface area (Å²) in [6.07, 6.45) is 3.28. The average molecular weight is 511 g/mol. The van der Waals surface area contributed by atoms with E-state index in [0.29, 0.717) is 16.7 Å². The summed E-state index contributed by atoms with van der Waals surface area (Å²) in [5, 5.41) is 20.7. The Hall–Kier alpha value is -2.89. The fraction of sp³-hybridized carbons (Fsp3) is 0. The number of nitrogens with zero attached hydrogens (tertiary/aromatic N) is 2. The Balaban J connectivity index is 0.000000968. The van der Waals surface area contributed by atoms with Gasteiger partial charge < -0.3 is 10.2 Å². The Morgan fingerprint density at radius 3 is 1.97 bits per heavy atom. The van der Waals surface area contributed by atoms with Crippen LogP contribution in [0, 0.1) is 0 Å². The van der Waals surface area contributed by atoms with Crippen molar-refractivity contribution in [3.63, 3.8) is 0 Å². The molecule has 0 aliphatic heterocycles. The first kappa shape index (κ1) is 24.8. The molecule has 0 atom stereocenters. The molecule has 0 saturated heterocycles. The van der Waals surface area contributed by atoms with Crippen LogP contribution < -0.4 is 0 Å². The summed E-state index contributed by atoms with van der Waals surface area (Å²) in [7, 11) is 9.78. The number of halogens is 2. The first-order valence-corrected chi connectivity index (χ1v) is 14.2. The van der Waals surface area contributed by atoms with Gasteiger partial charge in [0.25, 0.3) is 0 Å². The van der Waals surface area contributed by atoms with E-state index in [1.54, 1.807) is 30.6 Å². The predicted octanol–water partition coefficient (Wildman–Crippen LogP) is 7.64. The van der Waals surface area contributed by atoms with Crippen LogP contribution in [0.4, 0.5) is 11.4 Å². The number of para-hydroxylation sites is 3. The van der Waals surface area contributed by atoms with Crippen LogP contribution in [-0.4, -0.2) is 22.6 Å². The molecule has 0 bridgehead atoms. The predicted molar refractivity (Wildman–Crippen MR) is 134 cm³/mol. The molecule has 0 saturated carbocycles. The van der Waals surface area contributed by atoms with Crippen molar-refractivity contribution in [1.82, 2.24) is 0 Å². The number of rotatable bonds is 5. The summed E-state index contributed by atoms with van der Waals surface area (Å²) in [5.41, 5.74) is 4.37. The Bertz CT molecular complexity index is 1250. The summed E-state index contributed by atoms with van der Waals surface area (Å²) in [6, 6.07) is 29.8. The topological polar surface area (TPSA) is 65.2 Å². The van der Waals surface area contributed by atoms with Gasteiger partial charge in [-0.05, 0) is 48.0 Å². The first-order chi connectivity index (χ1) is 16.1. The molecule has 0 aromatic heterocycles. The van der Waals surface area contributed by atoms with Gasteiger partial charge in [-0.2, -0.15) is 0 Å². The molecule has 0 aliphatic rings. The van der Waals surface area contributed by atoms with Crippen molar-refractivity contribution in [2.24, 2.45) is 9.98 Å². The molecule has 7 heteroatoms. The van der Waals surface area contributed by atoms with E-state index in [1.165, 1.54) is 0 Å². The molecule has 4 nitrogen and oxygen atoms in total. The molecule has 0 spiro atoms. The molecule has 0 amide bonds. The van der Waals surface area contributed by atoms with Gasteiger partial charge in [-0.15, -0.1) is 0 Å². The van der Waals surface area contributed by atoms with Gasteiger partial charge in [0.05, 0.1) is 11.4 Å². The maximum atomic E-state index is 10.8. The molecule has 4 aromatic carbocycles. The fourth-order valence-corrected chi connectivity index (χ4v) is 3.05. The zero-order chi connectivity index (χ0) is 23.5. The summed E-state index contributed by atoms with van der Waals surface area (Å²) >= 11 is -0.556. The number of hydrogen-bond acceptors (Lipinski definition) is 4. The molecule has 0 heterocycles. The second kappa shape index (κ2) is 13.0. The fourth-order valence-electron chi connectivity index (χ4n) is 3.05. The maximum absolute atomic E-state index is 10.8. The van der Waals surface area contributed by atoms with Gasteiger partial charge in [0.1, 0.15) is 11.5 Å². The Labute approximate surface area is 209 Å². The number of aromatic hydroxyl groups is 2. The summed E-state index contributed by atoms with van der Waals surface area (Å²) in [4.78, 5) is 8.89. The normalized spacial score (nSPS) is 10.7. The zero-order valence-electron chi connectivity index (χ0n) is 17.4. The second-order valence-electron chi connectivity index (χ2n) is 6.78. The van der Waals surface area contributed by atoms with Crippen LogP contribution in [0.1, 0.15) is 11.1 Å². The van der Waals surface area contributed by atoms with Gasteiger partial charge in [-0.25, -0.2) is 0 Å². The molecule has 4 rings (SSSR count). The average Bonchev–Trinajstić information content (AvgIpc) is 2.84. The Morgan fingerprint density at radius 1 is 0.636 bits per heavy atom. The van der Waals surface area contributed by atoms with E-state index in [1.807, 2.05) is 78.9 Å². The van der Waals surface area contributed by atoms with Crippen molar-refractivity contribution in [2.75, 3.05) is 0 Å². The van der Waals surface area contributed by atoms with Gasteiger partial charge in [-0.3, -0.25) is 9.98 Å². The quantitative estimate of drug-likeness (QED) is 0.214. The van der Waals surface area contributed by atoms with Crippen molar-refractivity contribution >= 4 is 42.4 Å². The van der Waals surface area contributed by atoms with E-state index in [0.717, 1.165) is 16.9 Å². The number of phenols is 2. The minimum atomic E-state index is -0.556. The van der Waals surface area contributed by atoms with Crippen LogP contribution in [0.5, 0.6) is 11.5 Å². The van der Waals surface area contributed by atoms with Gasteiger partial charge in [0.2, 0.25) is 0 Å².